The molecule has 8 heteroatoms. The lowest BCUT2D eigenvalue weighted by Gasteiger charge is -2.30. The third kappa shape index (κ3) is 7.40. The number of hydrogen-bond acceptors (Lipinski definition) is 4. The van der Waals surface area contributed by atoms with Crippen LogP contribution in [0.3, 0.4) is 0 Å². The molecule has 0 aliphatic carbocycles. The molecule has 164 valence electrons. The topological polar surface area (TPSA) is 78.5 Å². The van der Waals surface area contributed by atoms with Gasteiger partial charge in [0.25, 0.3) is 0 Å². The van der Waals surface area contributed by atoms with Gasteiger partial charge in [0.05, 0.1) is 5.02 Å². The predicted molar refractivity (Wildman–Crippen MR) is 121 cm³/mol. The second-order valence-corrected chi connectivity index (χ2v) is 9.09. The highest BCUT2D eigenvalue weighted by atomic mass is 35.5. The third-order valence-electron chi connectivity index (χ3n) is 4.95. The summed E-state index contributed by atoms with van der Waals surface area (Å²) in [7, 11) is -3.75. The van der Waals surface area contributed by atoms with Crippen LogP contribution < -0.4 is 10.0 Å². The highest BCUT2D eigenvalue weighted by Crippen LogP contribution is 2.19. The number of likely N-dealkylation sites (N-methyl/N-ethyl adjacent to an activating group) is 1. The maximum absolute atomic E-state index is 12.3. The Kier molecular flexibility index (Phi) is 9.78. The van der Waals surface area contributed by atoms with Crippen molar-refractivity contribution in [3.05, 3.63) is 65.2 Å². The predicted octanol–water partition coefficient (Wildman–Crippen LogP) is 3.08. The van der Waals surface area contributed by atoms with Crippen LogP contribution in [-0.2, 0) is 21.2 Å². The molecule has 2 aromatic rings. The number of sulfonamides is 1. The van der Waals surface area contributed by atoms with Gasteiger partial charge in [0, 0.05) is 25.6 Å². The van der Waals surface area contributed by atoms with Crippen LogP contribution in [-0.4, -0.2) is 51.4 Å². The monoisotopic (exact) mass is 451 g/mol. The molecule has 0 spiro atoms. The van der Waals surface area contributed by atoms with Crippen LogP contribution in [0.25, 0.3) is 0 Å². The highest BCUT2D eigenvalue weighted by Gasteiger charge is 2.19. The molecule has 0 aromatic heterocycles. The lowest BCUT2D eigenvalue weighted by Crippen LogP contribution is -2.45. The van der Waals surface area contributed by atoms with Crippen LogP contribution in [0.15, 0.2) is 59.5 Å². The van der Waals surface area contributed by atoms with Crippen molar-refractivity contribution in [3.63, 3.8) is 0 Å². The highest BCUT2D eigenvalue weighted by molar-refractivity contribution is 7.89. The number of amides is 1. The summed E-state index contributed by atoms with van der Waals surface area (Å²) < 4.78 is 27.1. The number of carbonyl (C=O) groups is 1. The molecule has 2 rings (SSSR count). The Morgan fingerprint density at radius 2 is 1.67 bits per heavy atom. The van der Waals surface area contributed by atoms with E-state index < -0.39 is 10.0 Å². The molecule has 6 nitrogen and oxygen atoms in total. The lowest BCUT2D eigenvalue weighted by molar-refractivity contribution is -0.121. The molecule has 0 heterocycles. The average molecular weight is 452 g/mol. The Balaban J connectivity index is 1.87. The van der Waals surface area contributed by atoms with Crippen molar-refractivity contribution in [1.29, 1.82) is 0 Å². The smallest absolute Gasteiger partial charge is 0.242 e. The molecule has 1 amide bonds. The number of nitrogens with one attached hydrogen (secondary N) is 2. The van der Waals surface area contributed by atoms with Crippen molar-refractivity contribution in [2.24, 2.45) is 0 Å². The van der Waals surface area contributed by atoms with Crippen molar-refractivity contribution < 1.29 is 13.2 Å². The van der Waals surface area contributed by atoms with E-state index in [1.54, 1.807) is 12.1 Å². The van der Waals surface area contributed by atoms with Gasteiger partial charge in [-0.3, -0.25) is 9.69 Å². The zero-order chi connectivity index (χ0) is 22.0. The molecule has 0 aliphatic rings. The minimum absolute atomic E-state index is 0.00795. The van der Waals surface area contributed by atoms with E-state index in [4.69, 9.17) is 11.6 Å². The molecular weight excluding hydrogens is 422 g/mol. The van der Waals surface area contributed by atoms with Crippen molar-refractivity contribution in [2.75, 3.05) is 26.2 Å². The van der Waals surface area contributed by atoms with Gasteiger partial charge in [0.2, 0.25) is 15.9 Å². The summed E-state index contributed by atoms with van der Waals surface area (Å²) in [5, 5.41) is 3.10. The van der Waals surface area contributed by atoms with E-state index in [1.165, 1.54) is 17.7 Å². The normalized spacial score (nSPS) is 12.7. The molecule has 2 aromatic carbocycles. The summed E-state index contributed by atoms with van der Waals surface area (Å²) >= 11 is 5.96. The Hall–Kier alpha value is -1.93. The van der Waals surface area contributed by atoms with Crippen LogP contribution >= 0.6 is 11.6 Å². The summed E-state index contributed by atoms with van der Waals surface area (Å²) in [5.74, 6) is -0.193. The van der Waals surface area contributed by atoms with Crippen molar-refractivity contribution in [1.82, 2.24) is 14.9 Å². The Morgan fingerprint density at radius 3 is 2.30 bits per heavy atom. The zero-order valence-electron chi connectivity index (χ0n) is 17.5. The Morgan fingerprint density at radius 1 is 1.03 bits per heavy atom. The van der Waals surface area contributed by atoms with Crippen LogP contribution in [0.2, 0.25) is 5.02 Å². The quantitative estimate of drug-likeness (QED) is 0.519. The average Bonchev–Trinajstić information content (AvgIpc) is 2.73. The summed E-state index contributed by atoms with van der Waals surface area (Å²) in [6.07, 6.45) is 0.891. The van der Waals surface area contributed by atoms with Gasteiger partial charge >= 0.3 is 0 Å². The van der Waals surface area contributed by atoms with E-state index in [-0.39, 0.29) is 34.8 Å². The fourth-order valence-electron chi connectivity index (χ4n) is 3.32. The summed E-state index contributed by atoms with van der Waals surface area (Å²) in [4.78, 5) is 14.6. The first-order valence-corrected chi connectivity index (χ1v) is 12.0. The summed E-state index contributed by atoms with van der Waals surface area (Å²) in [6, 6.07) is 16.6. The molecular formula is C22H30ClN3O3S. The molecule has 2 N–H and O–H groups in total. The number of rotatable bonds is 12. The van der Waals surface area contributed by atoms with Crippen LogP contribution in [0.5, 0.6) is 0 Å². The number of hydrogen-bond donors (Lipinski definition) is 2. The van der Waals surface area contributed by atoms with Gasteiger partial charge in [-0.15, -0.1) is 0 Å². The van der Waals surface area contributed by atoms with E-state index in [9.17, 15) is 13.2 Å². The van der Waals surface area contributed by atoms with Crippen molar-refractivity contribution >= 4 is 27.5 Å². The van der Waals surface area contributed by atoms with Gasteiger partial charge in [-0.1, -0.05) is 67.9 Å². The molecule has 0 fully saturated rings. The fraction of sp³-hybridized carbons (Fsp3) is 0.409. The van der Waals surface area contributed by atoms with Gasteiger partial charge in [0.15, 0.2) is 0 Å². The third-order valence-corrected chi connectivity index (χ3v) is 6.91. The van der Waals surface area contributed by atoms with E-state index in [2.05, 4.69) is 40.9 Å². The van der Waals surface area contributed by atoms with E-state index in [0.717, 1.165) is 19.5 Å². The minimum Gasteiger partial charge on any atom is -0.354 e. The minimum atomic E-state index is -3.75. The van der Waals surface area contributed by atoms with Crippen LogP contribution in [0, 0.1) is 0 Å². The first kappa shape index (κ1) is 24.3. The number of halogens is 1. The summed E-state index contributed by atoms with van der Waals surface area (Å²) in [6.45, 7) is 6.50. The van der Waals surface area contributed by atoms with Gasteiger partial charge in [-0.2, -0.15) is 0 Å². The van der Waals surface area contributed by atoms with E-state index in [0.29, 0.717) is 6.54 Å². The lowest BCUT2D eigenvalue weighted by atomic mass is 10.0. The van der Waals surface area contributed by atoms with Crippen molar-refractivity contribution in [2.45, 2.75) is 37.6 Å². The molecule has 30 heavy (non-hydrogen) atoms. The molecule has 1 atom stereocenters. The van der Waals surface area contributed by atoms with Gasteiger partial charge in [0.1, 0.15) is 4.90 Å². The number of nitrogens with zero attached hydrogens (tertiary/aromatic N) is 1. The van der Waals surface area contributed by atoms with Gasteiger partial charge in [-0.25, -0.2) is 13.1 Å². The zero-order valence-corrected chi connectivity index (χ0v) is 19.0. The largest absolute Gasteiger partial charge is 0.354 e. The van der Waals surface area contributed by atoms with E-state index >= 15 is 0 Å². The Labute approximate surface area is 184 Å². The maximum atomic E-state index is 12.3. The standard InChI is InChI=1S/C22H30ClN3O3S/c1-3-26(4-2)19(16-18-10-6-5-7-11-18)17-24-22(27)14-15-25-30(28,29)21-13-9-8-12-20(21)23/h5-13,19,25H,3-4,14-17H2,1-2H3,(H,24,27). The molecule has 0 radical (unpaired) electrons. The second kappa shape index (κ2) is 12.1. The van der Waals surface area contributed by atoms with Crippen LogP contribution in [0.4, 0.5) is 0 Å². The summed E-state index contributed by atoms with van der Waals surface area (Å²) in [5.41, 5.74) is 1.22. The Bertz CT molecular complexity index is 903. The van der Waals surface area contributed by atoms with E-state index in [1.807, 2.05) is 18.2 Å². The first-order valence-electron chi connectivity index (χ1n) is 10.2. The molecule has 1 unspecified atom stereocenters. The maximum Gasteiger partial charge on any atom is 0.242 e. The molecule has 0 saturated carbocycles. The fourth-order valence-corrected chi connectivity index (χ4v) is 4.87. The molecule has 0 bridgehead atoms. The molecule has 0 aliphatic heterocycles. The molecule has 0 saturated heterocycles. The number of benzene rings is 2. The van der Waals surface area contributed by atoms with Gasteiger partial charge in [-0.05, 0) is 37.2 Å². The second-order valence-electron chi connectivity index (χ2n) is 6.95. The first-order chi connectivity index (χ1) is 14.4. The van der Waals surface area contributed by atoms with Gasteiger partial charge < -0.3 is 5.32 Å². The SMILES string of the molecule is CCN(CC)C(CNC(=O)CCNS(=O)(=O)c1ccccc1Cl)Cc1ccccc1. The number of carbonyl (C=O) groups excluding carboxylic acids is 1. The van der Waals surface area contributed by atoms with Crippen LogP contribution in [0.1, 0.15) is 25.8 Å². The van der Waals surface area contributed by atoms with Crippen molar-refractivity contribution in [3.8, 4) is 0 Å².